The van der Waals surface area contributed by atoms with Crippen molar-refractivity contribution >= 4 is 54.9 Å². The van der Waals surface area contributed by atoms with Crippen LogP contribution in [-0.4, -0.2) is 107 Å². The Morgan fingerprint density at radius 3 is 2.00 bits per heavy atom. The Kier molecular flexibility index (Phi) is 12.2. The largest absolute Gasteiger partial charge is 0.495 e. The van der Waals surface area contributed by atoms with E-state index in [1.54, 1.807) is 61.8 Å². The van der Waals surface area contributed by atoms with Gasteiger partial charge in [0.05, 0.1) is 31.1 Å². The predicted molar refractivity (Wildman–Crippen MR) is 204 cm³/mol. The Morgan fingerprint density at radius 1 is 0.904 bits per heavy atom. The Balaban J connectivity index is 1.69. The monoisotopic (exact) mass is 793 g/mol. The molecule has 5 rings (SSSR count). The average Bonchev–Trinajstić information content (AvgIpc) is 3.46. The van der Waals surface area contributed by atoms with Gasteiger partial charge in [-0.25, -0.2) is 26.4 Å². The number of nitrogens with zero attached hydrogens (tertiary/aromatic N) is 4. The highest BCUT2D eigenvalue weighted by molar-refractivity contribution is 7.90. The summed E-state index contributed by atoms with van der Waals surface area (Å²) in [5.74, 6) is 0.581. The summed E-state index contributed by atoms with van der Waals surface area (Å²) in [5.41, 5.74) is 0.999. The highest BCUT2D eigenvalue weighted by Crippen LogP contribution is 2.46. The van der Waals surface area contributed by atoms with Crippen LogP contribution in [0.3, 0.4) is 0 Å². The number of hydrogen-bond acceptors (Lipinski definition) is 9. The zero-order valence-electron chi connectivity index (χ0n) is 30.1. The molecule has 2 heterocycles. The lowest BCUT2D eigenvalue weighted by molar-refractivity contribution is 0.122. The molecule has 0 unspecified atom stereocenters. The molecule has 0 spiro atoms. The Morgan fingerprint density at radius 2 is 1.48 bits per heavy atom. The fourth-order valence-electron chi connectivity index (χ4n) is 6.28. The molecule has 1 N–H and O–H groups in total. The van der Waals surface area contributed by atoms with Crippen LogP contribution in [0.5, 0.6) is 11.5 Å². The number of benzene rings is 3. The first kappa shape index (κ1) is 39.8. The number of carbonyl (C=O) groups excluding carboxylic acids is 1. The summed E-state index contributed by atoms with van der Waals surface area (Å²) in [6.07, 6.45) is 1.21. The first-order valence-electron chi connectivity index (χ1n) is 16.9. The van der Waals surface area contributed by atoms with Crippen LogP contribution in [-0.2, 0) is 19.9 Å². The molecule has 0 radical (unpaired) electrons. The van der Waals surface area contributed by atoms with Crippen LogP contribution in [0, 0.1) is 0 Å². The molecule has 52 heavy (non-hydrogen) atoms. The summed E-state index contributed by atoms with van der Waals surface area (Å²) in [6.45, 7) is 9.24. The van der Waals surface area contributed by atoms with E-state index in [9.17, 15) is 21.6 Å². The van der Waals surface area contributed by atoms with E-state index in [4.69, 9.17) is 37.7 Å². The van der Waals surface area contributed by atoms with E-state index in [1.807, 2.05) is 29.2 Å². The summed E-state index contributed by atoms with van der Waals surface area (Å²) >= 11 is 12.6. The van der Waals surface area contributed by atoms with Gasteiger partial charge >= 0.3 is 6.03 Å². The number of amidine groups is 1. The summed E-state index contributed by atoms with van der Waals surface area (Å²) in [7, 11) is -5.91. The molecule has 0 bridgehead atoms. The van der Waals surface area contributed by atoms with E-state index in [2.05, 4.69) is 4.72 Å². The van der Waals surface area contributed by atoms with E-state index in [0.717, 1.165) is 11.1 Å². The lowest BCUT2D eigenvalue weighted by Crippen LogP contribution is -2.54. The maximum absolute atomic E-state index is 15.0. The van der Waals surface area contributed by atoms with Crippen molar-refractivity contribution in [3.8, 4) is 11.5 Å². The molecule has 2 aliphatic rings. The number of nitrogens with one attached hydrogen (secondary N) is 1. The zero-order valence-corrected chi connectivity index (χ0v) is 33.2. The van der Waals surface area contributed by atoms with Crippen LogP contribution >= 0.6 is 23.2 Å². The van der Waals surface area contributed by atoms with Gasteiger partial charge in [0.15, 0.2) is 0 Å². The van der Waals surface area contributed by atoms with E-state index < -0.39 is 37.5 Å². The molecule has 2 aliphatic heterocycles. The standard InChI is InChI=1S/C36H45Cl2N5O7S2/c1-7-50-29-23-30(49-5)31(52(47,48)40-36(2,3)4)22-28(29)34-39-32(24-8-12-26(37)13-9-24)33(25-10-14-27(38)15-11-25)43(34)35(44)42-18-16-41(17-19-42)20-21-51(6,45)46/h8-15,22-23,32-33,40H,7,16-21H2,1-6H3/t32-,33+/m0/s1. The summed E-state index contributed by atoms with van der Waals surface area (Å²) in [5, 5.41) is 1.05. The van der Waals surface area contributed by atoms with E-state index in [-0.39, 0.29) is 46.2 Å². The van der Waals surface area contributed by atoms with Crippen molar-refractivity contribution in [1.82, 2.24) is 19.4 Å². The van der Waals surface area contributed by atoms with Crippen molar-refractivity contribution in [2.75, 3.05) is 58.4 Å². The average molecular weight is 795 g/mol. The van der Waals surface area contributed by atoms with E-state index in [1.165, 1.54) is 25.5 Å². The van der Waals surface area contributed by atoms with Crippen molar-refractivity contribution in [3.63, 3.8) is 0 Å². The Labute approximate surface area is 316 Å². The molecule has 16 heteroatoms. The lowest BCUT2D eigenvalue weighted by atomic mass is 9.93. The molecule has 12 nitrogen and oxygen atoms in total. The van der Waals surface area contributed by atoms with Gasteiger partial charge in [-0.1, -0.05) is 47.5 Å². The minimum Gasteiger partial charge on any atom is -0.495 e. The van der Waals surface area contributed by atoms with Crippen LogP contribution < -0.4 is 14.2 Å². The van der Waals surface area contributed by atoms with Gasteiger partial charge in [0.25, 0.3) is 0 Å². The number of amides is 2. The fourth-order valence-corrected chi connectivity index (χ4v) is 8.72. The van der Waals surface area contributed by atoms with Crippen LogP contribution in [0.25, 0.3) is 0 Å². The van der Waals surface area contributed by atoms with Crippen LogP contribution in [0.15, 0.2) is 70.6 Å². The van der Waals surface area contributed by atoms with Gasteiger partial charge in [-0.05, 0) is 69.2 Å². The van der Waals surface area contributed by atoms with Crippen LogP contribution in [0.1, 0.15) is 56.5 Å². The van der Waals surface area contributed by atoms with E-state index >= 15 is 0 Å². The molecular formula is C36H45Cl2N5O7S2. The molecule has 0 saturated carbocycles. The molecular weight excluding hydrogens is 749 g/mol. The van der Waals surface area contributed by atoms with Crippen LogP contribution in [0.2, 0.25) is 10.0 Å². The first-order chi connectivity index (χ1) is 24.4. The number of urea groups is 1. The number of ether oxygens (including phenoxy) is 2. The number of halogens is 2. The van der Waals surface area contributed by atoms with Crippen molar-refractivity contribution < 1.29 is 31.1 Å². The second kappa shape index (κ2) is 15.9. The van der Waals surface area contributed by atoms with Gasteiger partial charge in [-0.3, -0.25) is 14.8 Å². The number of sulfonamides is 1. The van der Waals surface area contributed by atoms with E-state index in [0.29, 0.717) is 42.8 Å². The molecule has 3 aromatic carbocycles. The summed E-state index contributed by atoms with van der Waals surface area (Å²) in [4.78, 5) is 25.4. The SMILES string of the molecule is CCOc1cc(OC)c(S(=O)(=O)NC(C)(C)C)cc1C1=N[C@@H](c2ccc(Cl)cc2)[C@@H](c2ccc(Cl)cc2)N1C(=O)N1CCN(CCS(C)(=O)=O)CC1. The topological polar surface area (TPSA) is 138 Å². The second-order valence-electron chi connectivity index (χ2n) is 13.8. The molecule has 1 fully saturated rings. The summed E-state index contributed by atoms with van der Waals surface area (Å²) < 4.78 is 65.8. The van der Waals surface area contributed by atoms with Crippen molar-refractivity contribution in [1.29, 1.82) is 0 Å². The molecule has 282 valence electrons. The number of methoxy groups -OCH3 is 1. The number of aliphatic imine (C=N–C) groups is 1. The highest BCUT2D eigenvalue weighted by Gasteiger charge is 2.45. The Bertz CT molecular complexity index is 2010. The minimum atomic E-state index is -4.14. The maximum Gasteiger partial charge on any atom is 0.326 e. The van der Waals surface area contributed by atoms with Gasteiger partial charge in [-0.2, -0.15) is 0 Å². The maximum atomic E-state index is 15.0. The number of hydrogen-bond donors (Lipinski definition) is 1. The smallest absolute Gasteiger partial charge is 0.326 e. The molecule has 3 aromatic rings. The minimum absolute atomic E-state index is 0.0261. The van der Waals surface area contributed by atoms with Gasteiger partial charge < -0.3 is 14.4 Å². The normalized spacial score (nSPS) is 18.7. The summed E-state index contributed by atoms with van der Waals surface area (Å²) in [6, 6.07) is 15.7. The number of sulfone groups is 1. The number of carbonyl (C=O) groups is 1. The van der Waals surface area contributed by atoms with Crippen molar-refractivity contribution in [2.45, 2.75) is 50.2 Å². The molecule has 1 saturated heterocycles. The number of rotatable bonds is 11. The molecule has 0 aromatic heterocycles. The third kappa shape index (κ3) is 9.39. The third-order valence-corrected chi connectivity index (χ3v) is 11.9. The number of piperazine rings is 1. The Hall–Kier alpha value is -3.40. The third-order valence-electron chi connectivity index (χ3n) is 8.65. The molecule has 2 amide bonds. The zero-order chi connectivity index (χ0) is 38.0. The van der Waals surface area contributed by atoms with Crippen molar-refractivity contribution in [3.05, 3.63) is 87.4 Å². The first-order valence-corrected chi connectivity index (χ1v) is 21.2. The molecule has 0 aliphatic carbocycles. The second-order valence-corrected chi connectivity index (χ2v) is 18.6. The van der Waals surface area contributed by atoms with Gasteiger partial charge in [0.1, 0.15) is 38.1 Å². The quantitative estimate of drug-likeness (QED) is 0.257. The van der Waals surface area contributed by atoms with Crippen molar-refractivity contribution in [2.24, 2.45) is 4.99 Å². The van der Waals surface area contributed by atoms with Gasteiger partial charge in [0.2, 0.25) is 10.0 Å². The van der Waals surface area contributed by atoms with Gasteiger partial charge in [-0.15, -0.1) is 0 Å². The molecule has 2 atom stereocenters. The lowest BCUT2D eigenvalue weighted by Gasteiger charge is -2.39. The van der Waals surface area contributed by atoms with Crippen LogP contribution in [0.4, 0.5) is 4.79 Å². The fraction of sp³-hybridized carbons (Fsp3) is 0.444. The predicted octanol–water partition coefficient (Wildman–Crippen LogP) is 5.80. The van der Waals surface area contributed by atoms with Gasteiger partial charge in [0, 0.05) is 60.6 Å². The highest BCUT2D eigenvalue weighted by atomic mass is 35.5.